The van der Waals surface area contributed by atoms with Gasteiger partial charge >= 0.3 is 5.97 Å². The van der Waals surface area contributed by atoms with Crippen LogP contribution < -0.4 is 0 Å². The van der Waals surface area contributed by atoms with Crippen molar-refractivity contribution in [2.24, 2.45) is 7.05 Å². The molecule has 2 aromatic heterocycles. The van der Waals surface area contributed by atoms with Crippen molar-refractivity contribution in [3.05, 3.63) is 30.4 Å². The Bertz CT molecular complexity index is 486. The summed E-state index contributed by atoms with van der Waals surface area (Å²) in [6, 6.07) is 1.60. The SMILES string of the molecule is COC(=O)c1ccn(-c2cnn(C)c2)n1. The first-order valence-electron chi connectivity index (χ1n) is 4.33. The van der Waals surface area contributed by atoms with E-state index < -0.39 is 5.97 Å². The van der Waals surface area contributed by atoms with E-state index in [-0.39, 0.29) is 5.69 Å². The van der Waals surface area contributed by atoms with Crippen molar-refractivity contribution in [1.82, 2.24) is 19.6 Å². The summed E-state index contributed by atoms with van der Waals surface area (Å²) in [7, 11) is 3.14. The van der Waals surface area contributed by atoms with E-state index in [1.165, 1.54) is 7.11 Å². The molecule has 0 unspecified atom stereocenters. The fourth-order valence-corrected chi connectivity index (χ4v) is 1.21. The third kappa shape index (κ3) is 1.74. The fraction of sp³-hybridized carbons (Fsp3) is 0.222. The van der Waals surface area contributed by atoms with E-state index >= 15 is 0 Å². The molecule has 0 radical (unpaired) electrons. The highest BCUT2D eigenvalue weighted by atomic mass is 16.5. The van der Waals surface area contributed by atoms with E-state index in [2.05, 4.69) is 14.9 Å². The highest BCUT2D eigenvalue weighted by Gasteiger charge is 2.10. The number of hydrogen-bond donors (Lipinski definition) is 0. The van der Waals surface area contributed by atoms with Gasteiger partial charge in [-0.05, 0) is 6.07 Å². The number of aromatic nitrogens is 4. The molecule has 0 aromatic carbocycles. The Labute approximate surface area is 86.1 Å². The first kappa shape index (κ1) is 9.45. The summed E-state index contributed by atoms with van der Waals surface area (Å²) >= 11 is 0. The van der Waals surface area contributed by atoms with Crippen LogP contribution in [0.15, 0.2) is 24.7 Å². The van der Waals surface area contributed by atoms with Gasteiger partial charge in [0, 0.05) is 13.2 Å². The molecule has 0 N–H and O–H groups in total. The fourth-order valence-electron chi connectivity index (χ4n) is 1.21. The number of hydrogen-bond acceptors (Lipinski definition) is 4. The van der Waals surface area contributed by atoms with E-state index in [1.54, 1.807) is 34.0 Å². The van der Waals surface area contributed by atoms with E-state index in [0.29, 0.717) is 0 Å². The van der Waals surface area contributed by atoms with Gasteiger partial charge in [-0.15, -0.1) is 0 Å². The molecule has 0 saturated carbocycles. The minimum absolute atomic E-state index is 0.279. The summed E-state index contributed by atoms with van der Waals surface area (Å²) in [4.78, 5) is 11.1. The smallest absolute Gasteiger partial charge is 0.358 e. The standard InChI is InChI=1S/C9H10N4O2/c1-12-6-7(5-10-12)13-4-3-8(11-13)9(14)15-2/h3-6H,1-2H3. The maximum atomic E-state index is 11.1. The lowest BCUT2D eigenvalue weighted by Crippen LogP contribution is -2.03. The highest BCUT2D eigenvalue weighted by molar-refractivity contribution is 5.86. The molecule has 6 nitrogen and oxygen atoms in total. The summed E-state index contributed by atoms with van der Waals surface area (Å²) in [5.74, 6) is -0.447. The molecule has 0 atom stereocenters. The molecule has 78 valence electrons. The van der Waals surface area contributed by atoms with Gasteiger partial charge in [0.05, 0.1) is 19.5 Å². The molecule has 0 aliphatic rings. The Hall–Kier alpha value is -2.11. The van der Waals surface area contributed by atoms with Gasteiger partial charge in [0.2, 0.25) is 0 Å². The molecule has 2 heterocycles. The van der Waals surface area contributed by atoms with Crippen molar-refractivity contribution in [2.75, 3.05) is 7.11 Å². The van der Waals surface area contributed by atoms with Gasteiger partial charge < -0.3 is 4.74 Å². The number of ether oxygens (including phenoxy) is 1. The maximum Gasteiger partial charge on any atom is 0.358 e. The van der Waals surface area contributed by atoms with Crippen molar-refractivity contribution < 1.29 is 9.53 Å². The van der Waals surface area contributed by atoms with Crippen LogP contribution in [0.1, 0.15) is 10.5 Å². The first-order valence-corrected chi connectivity index (χ1v) is 4.33. The van der Waals surface area contributed by atoms with Crippen LogP contribution in [-0.4, -0.2) is 32.6 Å². The van der Waals surface area contributed by atoms with Crippen molar-refractivity contribution in [3.8, 4) is 5.69 Å². The Balaban J connectivity index is 2.31. The minimum Gasteiger partial charge on any atom is -0.464 e. The van der Waals surface area contributed by atoms with Crippen LogP contribution in [0.5, 0.6) is 0 Å². The predicted molar refractivity (Wildman–Crippen MR) is 51.7 cm³/mol. The lowest BCUT2D eigenvalue weighted by molar-refractivity contribution is 0.0593. The average Bonchev–Trinajstić information content (AvgIpc) is 2.84. The first-order chi connectivity index (χ1) is 7.20. The summed E-state index contributed by atoms with van der Waals surface area (Å²) in [6.07, 6.45) is 5.14. The Morgan fingerprint density at radius 2 is 2.33 bits per heavy atom. The van der Waals surface area contributed by atoms with Crippen LogP contribution in [0.2, 0.25) is 0 Å². The van der Waals surface area contributed by atoms with Crippen LogP contribution in [0.25, 0.3) is 5.69 Å². The van der Waals surface area contributed by atoms with Gasteiger partial charge in [0.1, 0.15) is 5.69 Å². The zero-order chi connectivity index (χ0) is 10.8. The zero-order valence-corrected chi connectivity index (χ0v) is 8.41. The Morgan fingerprint density at radius 3 is 2.93 bits per heavy atom. The normalized spacial score (nSPS) is 10.3. The quantitative estimate of drug-likeness (QED) is 0.667. The number of carbonyl (C=O) groups excluding carboxylic acids is 1. The summed E-state index contributed by atoms with van der Waals surface area (Å²) in [6.45, 7) is 0. The van der Waals surface area contributed by atoms with E-state index in [1.807, 2.05) is 7.05 Å². The monoisotopic (exact) mass is 206 g/mol. The average molecular weight is 206 g/mol. The molecular weight excluding hydrogens is 196 g/mol. The molecule has 0 fully saturated rings. The number of nitrogens with zero attached hydrogens (tertiary/aromatic N) is 4. The molecule has 0 spiro atoms. The van der Waals surface area contributed by atoms with Crippen LogP contribution in [-0.2, 0) is 11.8 Å². The maximum absolute atomic E-state index is 11.1. The summed E-state index contributed by atoms with van der Waals surface area (Å²) in [5, 5.41) is 8.06. The van der Waals surface area contributed by atoms with Gasteiger partial charge in [-0.25, -0.2) is 9.48 Å². The van der Waals surface area contributed by atoms with Gasteiger partial charge in [-0.3, -0.25) is 4.68 Å². The summed E-state index contributed by atoms with van der Waals surface area (Å²) in [5.41, 5.74) is 1.08. The minimum atomic E-state index is -0.447. The van der Waals surface area contributed by atoms with Gasteiger partial charge in [0.15, 0.2) is 5.69 Å². The molecule has 0 saturated heterocycles. The molecule has 0 aliphatic carbocycles. The Morgan fingerprint density at radius 1 is 1.53 bits per heavy atom. The topological polar surface area (TPSA) is 61.9 Å². The molecule has 2 aromatic rings. The largest absolute Gasteiger partial charge is 0.464 e. The molecule has 0 amide bonds. The van der Waals surface area contributed by atoms with Crippen molar-refractivity contribution in [1.29, 1.82) is 0 Å². The predicted octanol–water partition coefficient (Wildman–Crippen LogP) is 0.392. The van der Waals surface area contributed by atoms with Crippen molar-refractivity contribution >= 4 is 5.97 Å². The van der Waals surface area contributed by atoms with Crippen LogP contribution in [0.4, 0.5) is 0 Å². The third-order valence-corrected chi connectivity index (χ3v) is 1.94. The van der Waals surface area contributed by atoms with Crippen molar-refractivity contribution in [2.45, 2.75) is 0 Å². The number of rotatable bonds is 2. The van der Waals surface area contributed by atoms with Crippen molar-refractivity contribution in [3.63, 3.8) is 0 Å². The van der Waals surface area contributed by atoms with Crippen LogP contribution >= 0.6 is 0 Å². The summed E-state index contributed by atoms with van der Waals surface area (Å²) < 4.78 is 7.79. The molecule has 0 aliphatic heterocycles. The molecule has 15 heavy (non-hydrogen) atoms. The van der Waals surface area contributed by atoms with E-state index in [9.17, 15) is 4.79 Å². The number of methoxy groups -OCH3 is 1. The zero-order valence-electron chi connectivity index (χ0n) is 8.41. The van der Waals surface area contributed by atoms with Gasteiger partial charge in [-0.1, -0.05) is 0 Å². The number of carbonyl (C=O) groups is 1. The van der Waals surface area contributed by atoms with E-state index in [0.717, 1.165) is 5.69 Å². The highest BCUT2D eigenvalue weighted by Crippen LogP contribution is 2.06. The Kier molecular flexibility index (Phi) is 2.24. The molecule has 2 rings (SSSR count). The number of esters is 1. The lowest BCUT2D eigenvalue weighted by atomic mass is 10.4. The van der Waals surface area contributed by atoms with Crippen LogP contribution in [0.3, 0.4) is 0 Å². The van der Waals surface area contributed by atoms with Gasteiger partial charge in [0.25, 0.3) is 0 Å². The third-order valence-electron chi connectivity index (χ3n) is 1.94. The number of aryl methyl sites for hydroxylation is 1. The lowest BCUT2D eigenvalue weighted by Gasteiger charge is -1.94. The van der Waals surface area contributed by atoms with Crippen LogP contribution in [0, 0.1) is 0 Å². The molecule has 0 bridgehead atoms. The second kappa shape index (κ2) is 3.56. The second-order valence-electron chi connectivity index (χ2n) is 3.01. The van der Waals surface area contributed by atoms with Gasteiger partial charge in [-0.2, -0.15) is 10.2 Å². The van der Waals surface area contributed by atoms with E-state index in [4.69, 9.17) is 0 Å². The second-order valence-corrected chi connectivity index (χ2v) is 3.01. The molecule has 6 heteroatoms. The molecular formula is C9H10N4O2.